The number of nitrogens with one attached hydrogen (secondary N) is 1. The number of hydrogen-bond donors (Lipinski definition) is 1. The maximum Gasteiger partial charge on any atom is 0.427 e. The van der Waals surface area contributed by atoms with E-state index in [0.29, 0.717) is 0 Å². The number of methoxy groups -OCH3 is 1. The molecule has 0 bridgehead atoms. The summed E-state index contributed by atoms with van der Waals surface area (Å²) in [6.45, 7) is 0. The molecule has 8 nitrogen and oxygen atoms in total. The third kappa shape index (κ3) is 3.42. The Hall–Kier alpha value is -2.16. The lowest BCUT2D eigenvalue weighted by atomic mass is 10.2. The number of nitro groups is 1. The van der Waals surface area contributed by atoms with Crippen LogP contribution in [0.2, 0.25) is 0 Å². The van der Waals surface area contributed by atoms with Crippen molar-refractivity contribution in [3.8, 4) is 5.75 Å². The Labute approximate surface area is 110 Å². The fourth-order valence-electron chi connectivity index (χ4n) is 1.00. The van der Waals surface area contributed by atoms with E-state index in [1.165, 1.54) is 0 Å². The van der Waals surface area contributed by atoms with E-state index in [0.717, 1.165) is 25.5 Å². The summed E-state index contributed by atoms with van der Waals surface area (Å²) in [4.78, 5) is 20.6. The molecule has 1 N–H and O–H groups in total. The van der Waals surface area contributed by atoms with Crippen LogP contribution < -0.4 is 10.5 Å². The van der Waals surface area contributed by atoms with Crippen LogP contribution in [0.3, 0.4) is 0 Å². The third-order valence-corrected chi connectivity index (χ3v) is 2.40. The Morgan fingerprint density at radius 2 is 2.28 bits per heavy atom. The van der Waals surface area contributed by atoms with Crippen molar-refractivity contribution in [2.24, 2.45) is 5.10 Å². The van der Waals surface area contributed by atoms with E-state index < -0.39 is 16.8 Å². The summed E-state index contributed by atoms with van der Waals surface area (Å²) in [6, 6.07) is 2.14. The number of benzene rings is 1. The molecule has 0 atom stereocenters. The molecule has 1 amide bonds. The molecule has 0 aliphatic carbocycles. The number of nitro benzene ring substituents is 1. The highest BCUT2D eigenvalue weighted by molar-refractivity contribution is 9.10. The zero-order valence-electron chi connectivity index (χ0n) is 9.05. The van der Waals surface area contributed by atoms with Crippen molar-refractivity contribution in [2.45, 2.75) is 0 Å². The first-order chi connectivity index (χ1) is 8.45. The minimum absolute atomic E-state index is 0.0347. The van der Waals surface area contributed by atoms with Gasteiger partial charge in [0.05, 0.1) is 18.2 Å². The maximum absolute atomic E-state index is 11.6. The van der Waals surface area contributed by atoms with Gasteiger partial charge in [0.1, 0.15) is 0 Å². The van der Waals surface area contributed by atoms with Crippen molar-refractivity contribution in [3.05, 3.63) is 32.3 Å². The molecule has 0 saturated heterocycles. The van der Waals surface area contributed by atoms with Crippen molar-refractivity contribution in [1.29, 1.82) is 0 Å². The number of carbonyl (C=O) groups is 1. The van der Waals surface area contributed by atoms with Gasteiger partial charge >= 0.3 is 6.09 Å². The molecule has 0 aliphatic rings. The number of halogens is 1. The van der Waals surface area contributed by atoms with Crippen molar-refractivity contribution in [2.75, 3.05) is 7.11 Å². The average Bonchev–Trinajstić information content (AvgIpc) is 2.33. The van der Waals surface area contributed by atoms with Crippen LogP contribution in [0.5, 0.6) is 5.75 Å². The topological polar surface area (TPSA) is 117 Å². The quantitative estimate of drug-likeness (QED) is 0.509. The van der Waals surface area contributed by atoms with Crippen LogP contribution in [0, 0.1) is 10.1 Å². The molecule has 0 spiro atoms. The van der Waals surface area contributed by atoms with Crippen LogP contribution in [0.1, 0.15) is 5.56 Å². The van der Waals surface area contributed by atoms with Crippen molar-refractivity contribution in [1.82, 2.24) is 5.43 Å². The van der Waals surface area contributed by atoms with Gasteiger partial charge in [-0.15, -0.1) is 0 Å². The highest BCUT2D eigenvalue weighted by Gasteiger charge is 2.09. The molecule has 1 rings (SSSR count). The normalized spacial score (nSPS) is 10.3. The average molecular weight is 317 g/mol. The second kappa shape index (κ2) is 5.96. The largest absolute Gasteiger partial charge is 0.871 e. The van der Waals surface area contributed by atoms with Crippen LogP contribution >= 0.6 is 15.9 Å². The highest BCUT2D eigenvalue weighted by Crippen LogP contribution is 2.29. The Bertz CT molecular complexity index is 517. The van der Waals surface area contributed by atoms with Gasteiger partial charge in [-0.1, -0.05) is 21.7 Å². The Morgan fingerprint density at radius 3 is 2.83 bits per heavy atom. The van der Waals surface area contributed by atoms with Gasteiger partial charge < -0.3 is 9.84 Å². The zero-order valence-corrected chi connectivity index (χ0v) is 10.6. The van der Waals surface area contributed by atoms with Gasteiger partial charge in [0.15, 0.2) is 0 Å². The first-order valence-electron chi connectivity index (χ1n) is 4.47. The number of non-ortho nitro benzene ring substituents is 1. The molecular formula is C9H7BrN3O5-. The van der Waals surface area contributed by atoms with Crippen LogP contribution in [-0.2, 0) is 4.74 Å². The summed E-state index contributed by atoms with van der Waals surface area (Å²) < 4.78 is 4.28. The molecule has 0 heterocycles. The standard InChI is InChI=1S/C9H8BrN3O5/c1-18-9(15)12-11-4-5-2-6(13(16)17)3-7(10)8(5)14/h2-4,14H,1H3,(H,12,15)/p-1/b11-4-. The van der Waals surface area contributed by atoms with Crippen molar-refractivity contribution >= 4 is 33.9 Å². The Balaban J connectivity index is 3.01. The summed E-state index contributed by atoms with van der Waals surface area (Å²) in [7, 11) is 1.15. The number of amides is 1. The number of rotatable bonds is 3. The minimum Gasteiger partial charge on any atom is -0.871 e. The van der Waals surface area contributed by atoms with Crippen LogP contribution in [-0.4, -0.2) is 24.3 Å². The lowest BCUT2D eigenvalue weighted by Gasteiger charge is -2.11. The van der Waals surface area contributed by atoms with Gasteiger partial charge in [0, 0.05) is 16.6 Å². The molecular weight excluding hydrogens is 310 g/mol. The lowest BCUT2D eigenvalue weighted by molar-refractivity contribution is -0.385. The summed E-state index contributed by atoms with van der Waals surface area (Å²) in [5.74, 6) is -0.476. The molecule has 0 radical (unpaired) electrons. The number of carbonyl (C=O) groups excluding carboxylic acids is 1. The first-order valence-corrected chi connectivity index (χ1v) is 5.27. The molecule has 96 valence electrons. The van der Waals surface area contributed by atoms with E-state index in [-0.39, 0.29) is 15.7 Å². The zero-order chi connectivity index (χ0) is 13.7. The SMILES string of the molecule is COC(=O)N/N=C\c1cc([N+](=O)[O-])cc(Br)c1[O-]. The smallest absolute Gasteiger partial charge is 0.427 e. The predicted octanol–water partition coefficient (Wildman–Crippen LogP) is 1.12. The monoisotopic (exact) mass is 316 g/mol. The van der Waals surface area contributed by atoms with Crippen LogP contribution in [0.25, 0.3) is 0 Å². The molecule has 0 fully saturated rings. The molecule has 9 heteroatoms. The van der Waals surface area contributed by atoms with Crippen LogP contribution in [0.4, 0.5) is 10.5 Å². The number of ether oxygens (including phenoxy) is 1. The predicted molar refractivity (Wildman–Crippen MR) is 63.4 cm³/mol. The molecule has 0 unspecified atom stereocenters. The maximum atomic E-state index is 11.6. The highest BCUT2D eigenvalue weighted by atomic mass is 79.9. The summed E-state index contributed by atoms with van der Waals surface area (Å²) >= 11 is 2.91. The van der Waals surface area contributed by atoms with E-state index in [1.54, 1.807) is 0 Å². The van der Waals surface area contributed by atoms with Crippen LogP contribution in [0.15, 0.2) is 21.7 Å². The van der Waals surface area contributed by atoms with Gasteiger partial charge in [0.2, 0.25) is 0 Å². The van der Waals surface area contributed by atoms with Crippen molar-refractivity contribution < 1.29 is 19.6 Å². The van der Waals surface area contributed by atoms with E-state index in [1.807, 2.05) is 5.43 Å². The Kier molecular flexibility index (Phi) is 4.60. The fraction of sp³-hybridized carbons (Fsp3) is 0.111. The van der Waals surface area contributed by atoms with E-state index in [2.05, 4.69) is 25.8 Å². The molecule has 0 saturated carbocycles. The van der Waals surface area contributed by atoms with E-state index in [4.69, 9.17) is 0 Å². The first kappa shape index (κ1) is 13.9. The molecule has 18 heavy (non-hydrogen) atoms. The second-order valence-corrected chi connectivity index (χ2v) is 3.82. The third-order valence-electron chi connectivity index (χ3n) is 1.81. The van der Waals surface area contributed by atoms with Crippen molar-refractivity contribution in [3.63, 3.8) is 0 Å². The number of hydrogen-bond acceptors (Lipinski definition) is 6. The summed E-state index contributed by atoms with van der Waals surface area (Å²) in [5, 5.41) is 25.6. The van der Waals surface area contributed by atoms with Gasteiger partial charge in [-0.2, -0.15) is 5.10 Å². The second-order valence-electron chi connectivity index (χ2n) is 2.96. The molecule has 0 aromatic heterocycles. The molecule has 1 aromatic rings. The van der Waals surface area contributed by atoms with E-state index >= 15 is 0 Å². The van der Waals surface area contributed by atoms with Gasteiger partial charge in [-0.25, -0.2) is 10.2 Å². The number of nitrogens with zero attached hydrogens (tertiary/aromatic N) is 2. The molecule has 1 aromatic carbocycles. The number of hydrazone groups is 1. The van der Waals surface area contributed by atoms with Gasteiger partial charge in [0.25, 0.3) is 5.69 Å². The minimum atomic E-state index is -0.816. The lowest BCUT2D eigenvalue weighted by Crippen LogP contribution is -2.16. The van der Waals surface area contributed by atoms with E-state index in [9.17, 15) is 20.0 Å². The fourth-order valence-corrected chi connectivity index (χ4v) is 1.46. The molecule has 0 aliphatic heterocycles. The van der Waals surface area contributed by atoms with Gasteiger partial charge in [-0.05, 0) is 5.56 Å². The summed E-state index contributed by atoms with van der Waals surface area (Å²) in [6.07, 6.45) is 0.181. The van der Waals surface area contributed by atoms with Gasteiger partial charge in [-0.3, -0.25) is 10.1 Å². The summed E-state index contributed by atoms with van der Waals surface area (Å²) in [5.41, 5.74) is 1.66. The Morgan fingerprint density at radius 1 is 1.61 bits per heavy atom.